The Bertz CT molecular complexity index is 481. The molecule has 5 heteroatoms. The van der Waals surface area contributed by atoms with E-state index in [4.69, 9.17) is 4.74 Å². The minimum absolute atomic E-state index is 0.644. The van der Waals surface area contributed by atoms with Crippen LogP contribution in [0.1, 0.15) is 11.1 Å². The summed E-state index contributed by atoms with van der Waals surface area (Å²) in [5.74, 6) is 0.644. The van der Waals surface area contributed by atoms with E-state index in [1.165, 1.54) is 5.56 Å². The lowest BCUT2D eigenvalue weighted by Gasteiger charge is -2.04. The van der Waals surface area contributed by atoms with Crippen molar-refractivity contribution in [2.45, 2.75) is 13.1 Å². The summed E-state index contributed by atoms with van der Waals surface area (Å²) in [5, 5.41) is 7.46. The van der Waals surface area contributed by atoms with Gasteiger partial charge < -0.3 is 10.1 Å². The van der Waals surface area contributed by atoms with Gasteiger partial charge in [-0.1, -0.05) is 0 Å². The highest BCUT2D eigenvalue weighted by Crippen LogP contribution is 2.08. The molecule has 2 aromatic heterocycles. The second-order valence-corrected chi connectivity index (χ2v) is 3.83. The summed E-state index contributed by atoms with van der Waals surface area (Å²) in [4.78, 5) is 4.06. The molecule has 0 aliphatic rings. The van der Waals surface area contributed by atoms with Crippen molar-refractivity contribution < 1.29 is 4.74 Å². The second-order valence-electron chi connectivity index (χ2n) is 3.83. The van der Waals surface area contributed by atoms with Crippen LogP contribution in [0.3, 0.4) is 0 Å². The van der Waals surface area contributed by atoms with Crippen LogP contribution in [0.4, 0.5) is 0 Å². The lowest BCUT2D eigenvalue weighted by Crippen LogP contribution is -2.12. The van der Waals surface area contributed by atoms with Gasteiger partial charge in [0, 0.05) is 44.2 Å². The Morgan fingerprint density at radius 1 is 1.35 bits per heavy atom. The Morgan fingerprint density at radius 3 is 2.88 bits per heavy atom. The smallest absolute Gasteiger partial charge is 0.213 e. The number of aryl methyl sites for hydroxylation is 1. The van der Waals surface area contributed by atoms with Gasteiger partial charge in [-0.05, 0) is 11.6 Å². The molecule has 0 bridgehead atoms. The van der Waals surface area contributed by atoms with Crippen molar-refractivity contribution in [2.24, 2.45) is 7.05 Å². The molecule has 2 heterocycles. The molecule has 17 heavy (non-hydrogen) atoms. The fourth-order valence-corrected chi connectivity index (χ4v) is 1.59. The SMILES string of the molecule is COc1cc(CNCc2cnn(C)c2)ccn1. The van der Waals surface area contributed by atoms with Crippen LogP contribution in [0.2, 0.25) is 0 Å². The Labute approximate surface area is 100 Å². The quantitative estimate of drug-likeness (QED) is 0.839. The summed E-state index contributed by atoms with van der Waals surface area (Å²) in [5.41, 5.74) is 2.33. The molecule has 0 saturated carbocycles. The summed E-state index contributed by atoms with van der Waals surface area (Å²) >= 11 is 0. The number of hydrogen-bond donors (Lipinski definition) is 1. The number of pyridine rings is 1. The van der Waals surface area contributed by atoms with E-state index in [0.717, 1.165) is 18.7 Å². The first-order chi connectivity index (χ1) is 8.28. The normalized spacial score (nSPS) is 10.5. The average Bonchev–Trinajstić information content (AvgIpc) is 2.75. The van der Waals surface area contributed by atoms with Crippen LogP contribution in [0.15, 0.2) is 30.7 Å². The molecular formula is C12H16N4O. The minimum atomic E-state index is 0.644. The van der Waals surface area contributed by atoms with Crippen molar-refractivity contribution >= 4 is 0 Å². The summed E-state index contributed by atoms with van der Waals surface area (Å²) in [6.45, 7) is 1.59. The number of hydrogen-bond acceptors (Lipinski definition) is 4. The summed E-state index contributed by atoms with van der Waals surface area (Å²) in [7, 11) is 3.53. The topological polar surface area (TPSA) is 52.0 Å². The van der Waals surface area contributed by atoms with Gasteiger partial charge in [0.1, 0.15) is 0 Å². The molecule has 0 aromatic carbocycles. The molecule has 90 valence electrons. The van der Waals surface area contributed by atoms with Gasteiger partial charge in [-0.25, -0.2) is 4.98 Å². The monoisotopic (exact) mass is 232 g/mol. The highest BCUT2D eigenvalue weighted by molar-refractivity contribution is 5.20. The van der Waals surface area contributed by atoms with Gasteiger partial charge in [-0.2, -0.15) is 5.10 Å². The number of nitrogens with zero attached hydrogens (tertiary/aromatic N) is 3. The highest BCUT2D eigenvalue weighted by atomic mass is 16.5. The first-order valence-electron chi connectivity index (χ1n) is 5.45. The van der Waals surface area contributed by atoms with Crippen molar-refractivity contribution in [3.05, 3.63) is 41.9 Å². The molecule has 0 saturated heterocycles. The van der Waals surface area contributed by atoms with Gasteiger partial charge in [-0.3, -0.25) is 4.68 Å². The van der Waals surface area contributed by atoms with E-state index < -0.39 is 0 Å². The molecule has 0 spiro atoms. The molecule has 0 radical (unpaired) electrons. The van der Waals surface area contributed by atoms with Crippen molar-refractivity contribution in [2.75, 3.05) is 7.11 Å². The molecule has 1 N–H and O–H groups in total. The largest absolute Gasteiger partial charge is 0.481 e. The van der Waals surface area contributed by atoms with Crippen LogP contribution in [0, 0.1) is 0 Å². The third-order valence-electron chi connectivity index (χ3n) is 2.42. The van der Waals surface area contributed by atoms with E-state index in [1.54, 1.807) is 18.0 Å². The third kappa shape index (κ3) is 3.29. The standard InChI is InChI=1S/C12H16N4O/c1-16-9-11(8-15-16)7-13-6-10-3-4-14-12(5-10)17-2/h3-5,8-9,13H,6-7H2,1-2H3. The van der Waals surface area contributed by atoms with Crippen LogP contribution >= 0.6 is 0 Å². The fourth-order valence-electron chi connectivity index (χ4n) is 1.59. The van der Waals surface area contributed by atoms with E-state index in [9.17, 15) is 0 Å². The first kappa shape index (κ1) is 11.6. The summed E-state index contributed by atoms with van der Waals surface area (Å²) in [6.07, 6.45) is 5.61. The van der Waals surface area contributed by atoms with Crippen LogP contribution in [0.25, 0.3) is 0 Å². The lowest BCUT2D eigenvalue weighted by molar-refractivity contribution is 0.397. The molecule has 0 fully saturated rings. The van der Waals surface area contributed by atoms with Crippen molar-refractivity contribution in [3.63, 3.8) is 0 Å². The molecule has 0 aliphatic carbocycles. The van der Waals surface area contributed by atoms with Gasteiger partial charge >= 0.3 is 0 Å². The van der Waals surface area contributed by atoms with Crippen molar-refractivity contribution in [3.8, 4) is 5.88 Å². The fraction of sp³-hybridized carbons (Fsp3) is 0.333. The molecule has 2 rings (SSSR count). The van der Waals surface area contributed by atoms with Gasteiger partial charge in [0.15, 0.2) is 0 Å². The van der Waals surface area contributed by atoms with Crippen LogP contribution < -0.4 is 10.1 Å². The minimum Gasteiger partial charge on any atom is -0.481 e. The number of nitrogens with one attached hydrogen (secondary N) is 1. The maximum absolute atomic E-state index is 5.07. The molecule has 0 atom stereocenters. The highest BCUT2D eigenvalue weighted by Gasteiger charge is 1.98. The molecule has 0 aliphatic heterocycles. The predicted molar refractivity (Wildman–Crippen MR) is 64.5 cm³/mol. The maximum Gasteiger partial charge on any atom is 0.213 e. The van der Waals surface area contributed by atoms with Gasteiger partial charge in [0.05, 0.1) is 13.3 Å². The van der Waals surface area contributed by atoms with E-state index >= 15 is 0 Å². The zero-order chi connectivity index (χ0) is 12.1. The summed E-state index contributed by atoms with van der Waals surface area (Å²) in [6, 6.07) is 3.90. The van der Waals surface area contributed by atoms with Crippen LogP contribution in [-0.4, -0.2) is 21.9 Å². The zero-order valence-electron chi connectivity index (χ0n) is 10.1. The van der Waals surface area contributed by atoms with Crippen LogP contribution in [0.5, 0.6) is 5.88 Å². The molecule has 0 amide bonds. The van der Waals surface area contributed by atoms with E-state index in [0.29, 0.717) is 5.88 Å². The molecule has 5 nitrogen and oxygen atoms in total. The van der Waals surface area contributed by atoms with E-state index in [-0.39, 0.29) is 0 Å². The third-order valence-corrected chi connectivity index (χ3v) is 2.42. The Hall–Kier alpha value is -1.88. The molecular weight excluding hydrogens is 216 g/mol. The zero-order valence-corrected chi connectivity index (χ0v) is 10.1. The number of ether oxygens (including phenoxy) is 1. The Kier molecular flexibility index (Phi) is 3.72. The molecule has 0 unspecified atom stereocenters. The van der Waals surface area contributed by atoms with Crippen LogP contribution in [-0.2, 0) is 20.1 Å². The maximum atomic E-state index is 5.07. The first-order valence-corrected chi connectivity index (χ1v) is 5.45. The summed E-state index contributed by atoms with van der Waals surface area (Å²) < 4.78 is 6.87. The number of rotatable bonds is 5. The Balaban J connectivity index is 1.85. The lowest BCUT2D eigenvalue weighted by atomic mass is 10.2. The predicted octanol–water partition coefficient (Wildman–Crippen LogP) is 1.11. The van der Waals surface area contributed by atoms with Gasteiger partial charge in [-0.15, -0.1) is 0 Å². The van der Waals surface area contributed by atoms with E-state index in [2.05, 4.69) is 15.4 Å². The average molecular weight is 232 g/mol. The van der Waals surface area contributed by atoms with Gasteiger partial charge in [0.25, 0.3) is 0 Å². The Morgan fingerprint density at radius 2 is 2.18 bits per heavy atom. The van der Waals surface area contributed by atoms with E-state index in [1.807, 2.05) is 31.6 Å². The van der Waals surface area contributed by atoms with Crippen molar-refractivity contribution in [1.29, 1.82) is 0 Å². The van der Waals surface area contributed by atoms with Gasteiger partial charge in [0.2, 0.25) is 5.88 Å². The molecule has 2 aromatic rings. The number of aromatic nitrogens is 3. The van der Waals surface area contributed by atoms with Crippen molar-refractivity contribution in [1.82, 2.24) is 20.1 Å². The number of methoxy groups -OCH3 is 1. The second kappa shape index (κ2) is 5.45.